The minimum absolute atomic E-state index is 0.124. The van der Waals surface area contributed by atoms with Gasteiger partial charge in [-0.15, -0.1) is 0 Å². The molecule has 0 aromatic rings. The highest BCUT2D eigenvalue weighted by Crippen LogP contribution is 2.22. The van der Waals surface area contributed by atoms with Gasteiger partial charge in [-0.25, -0.2) is 0 Å². The van der Waals surface area contributed by atoms with E-state index in [1.165, 1.54) is 13.0 Å². The first-order valence-corrected chi connectivity index (χ1v) is 8.38. The second kappa shape index (κ2) is 7.56. The quantitative estimate of drug-likeness (QED) is 0.794. The predicted octanol–water partition coefficient (Wildman–Crippen LogP) is 0.515. The minimum atomic E-state index is 0.124. The summed E-state index contributed by atoms with van der Waals surface area (Å²) in [6, 6.07) is 1.94. The topological polar surface area (TPSA) is 47.6 Å². The fourth-order valence-corrected chi connectivity index (χ4v) is 3.62. The standard InChI is InChI=1S/C16H32N4O/c1-12-10-19(4)13(2)9-15(12)18-14-5-7-20(8-6-14)11-16(21)17-3/h12-15,18H,5-11H2,1-4H3,(H,17,21). The molecule has 5 heteroatoms. The van der Waals surface area contributed by atoms with Gasteiger partial charge in [0.25, 0.3) is 0 Å². The average Bonchev–Trinajstić information content (AvgIpc) is 2.46. The van der Waals surface area contributed by atoms with Crippen molar-refractivity contribution in [1.29, 1.82) is 0 Å². The van der Waals surface area contributed by atoms with Crippen molar-refractivity contribution in [1.82, 2.24) is 20.4 Å². The van der Waals surface area contributed by atoms with Crippen LogP contribution in [0.5, 0.6) is 0 Å². The van der Waals surface area contributed by atoms with Gasteiger partial charge in [-0.3, -0.25) is 9.69 Å². The number of carbonyl (C=O) groups excluding carboxylic acids is 1. The fraction of sp³-hybridized carbons (Fsp3) is 0.938. The highest BCUT2D eigenvalue weighted by atomic mass is 16.1. The van der Waals surface area contributed by atoms with Crippen LogP contribution in [0.15, 0.2) is 0 Å². The van der Waals surface area contributed by atoms with Crippen molar-refractivity contribution in [3.05, 3.63) is 0 Å². The summed E-state index contributed by atoms with van der Waals surface area (Å²) < 4.78 is 0. The van der Waals surface area contributed by atoms with Gasteiger partial charge in [-0.1, -0.05) is 6.92 Å². The number of rotatable bonds is 4. The van der Waals surface area contributed by atoms with Crippen LogP contribution in [-0.4, -0.2) is 74.1 Å². The molecule has 0 bridgehead atoms. The molecule has 2 fully saturated rings. The largest absolute Gasteiger partial charge is 0.358 e. The Balaban J connectivity index is 1.74. The molecule has 2 saturated heterocycles. The van der Waals surface area contributed by atoms with Crippen LogP contribution in [0.25, 0.3) is 0 Å². The maximum Gasteiger partial charge on any atom is 0.233 e. The highest BCUT2D eigenvalue weighted by molar-refractivity contribution is 5.77. The number of hydrogen-bond donors (Lipinski definition) is 2. The second-order valence-corrected chi connectivity index (χ2v) is 7.00. The third-order valence-corrected chi connectivity index (χ3v) is 5.29. The summed E-state index contributed by atoms with van der Waals surface area (Å²) in [5.41, 5.74) is 0. The van der Waals surface area contributed by atoms with E-state index in [-0.39, 0.29) is 5.91 Å². The van der Waals surface area contributed by atoms with Crippen LogP contribution >= 0.6 is 0 Å². The molecule has 2 aliphatic rings. The Labute approximate surface area is 129 Å². The second-order valence-electron chi connectivity index (χ2n) is 7.00. The average molecular weight is 296 g/mol. The lowest BCUT2D eigenvalue weighted by molar-refractivity contribution is -0.122. The number of likely N-dealkylation sites (N-methyl/N-ethyl adjacent to an activating group) is 1. The number of nitrogens with zero attached hydrogens (tertiary/aromatic N) is 2. The molecular weight excluding hydrogens is 264 g/mol. The van der Waals surface area contributed by atoms with Gasteiger partial charge in [0.05, 0.1) is 6.54 Å². The third-order valence-electron chi connectivity index (χ3n) is 5.29. The zero-order chi connectivity index (χ0) is 15.4. The van der Waals surface area contributed by atoms with E-state index in [1.807, 2.05) is 0 Å². The molecule has 1 amide bonds. The lowest BCUT2D eigenvalue weighted by Crippen LogP contribution is -2.55. The molecule has 3 atom stereocenters. The van der Waals surface area contributed by atoms with Crippen molar-refractivity contribution in [2.24, 2.45) is 5.92 Å². The maximum atomic E-state index is 11.4. The first kappa shape index (κ1) is 16.7. The fourth-order valence-electron chi connectivity index (χ4n) is 3.62. The summed E-state index contributed by atoms with van der Waals surface area (Å²) in [7, 11) is 3.94. The van der Waals surface area contributed by atoms with Crippen molar-refractivity contribution in [2.45, 2.75) is 51.2 Å². The predicted molar refractivity (Wildman–Crippen MR) is 86.3 cm³/mol. The Hall–Kier alpha value is -0.650. The SMILES string of the molecule is CNC(=O)CN1CCC(NC2CC(C)N(C)CC2C)CC1. The number of carbonyl (C=O) groups is 1. The van der Waals surface area contributed by atoms with Crippen molar-refractivity contribution in [3.8, 4) is 0 Å². The van der Waals surface area contributed by atoms with Crippen LogP contribution in [-0.2, 0) is 4.79 Å². The number of likely N-dealkylation sites (tertiary alicyclic amines) is 2. The molecule has 2 N–H and O–H groups in total. The van der Waals surface area contributed by atoms with E-state index in [2.05, 4.69) is 41.3 Å². The third kappa shape index (κ3) is 4.66. The van der Waals surface area contributed by atoms with Gasteiger partial charge in [0.1, 0.15) is 0 Å². The van der Waals surface area contributed by atoms with E-state index in [1.54, 1.807) is 7.05 Å². The van der Waals surface area contributed by atoms with Crippen molar-refractivity contribution in [2.75, 3.05) is 40.3 Å². The molecule has 2 aliphatic heterocycles. The molecule has 0 radical (unpaired) electrons. The zero-order valence-electron chi connectivity index (χ0n) is 14.1. The Bertz CT molecular complexity index is 341. The van der Waals surface area contributed by atoms with Crippen LogP contribution in [0.2, 0.25) is 0 Å². The summed E-state index contributed by atoms with van der Waals surface area (Å²) >= 11 is 0. The molecule has 2 heterocycles. The first-order valence-electron chi connectivity index (χ1n) is 8.38. The molecule has 0 aromatic carbocycles. The molecule has 0 aromatic heterocycles. The normalized spacial score (nSPS) is 33.0. The molecule has 0 saturated carbocycles. The van der Waals surface area contributed by atoms with E-state index >= 15 is 0 Å². The molecule has 0 spiro atoms. The van der Waals surface area contributed by atoms with Gasteiger partial charge in [0, 0.05) is 44.8 Å². The Morgan fingerprint density at radius 2 is 1.90 bits per heavy atom. The minimum Gasteiger partial charge on any atom is -0.358 e. The lowest BCUT2D eigenvalue weighted by atomic mass is 9.88. The maximum absolute atomic E-state index is 11.4. The van der Waals surface area contributed by atoms with Crippen LogP contribution in [0.1, 0.15) is 33.1 Å². The molecule has 5 nitrogen and oxygen atoms in total. The summed E-state index contributed by atoms with van der Waals surface area (Å²) in [5.74, 6) is 0.842. The van der Waals surface area contributed by atoms with Crippen LogP contribution in [0.3, 0.4) is 0 Å². The van der Waals surface area contributed by atoms with Gasteiger partial charge in [0.2, 0.25) is 5.91 Å². The van der Waals surface area contributed by atoms with Crippen LogP contribution in [0.4, 0.5) is 0 Å². The summed E-state index contributed by atoms with van der Waals surface area (Å²) in [6.45, 7) is 8.48. The molecular formula is C16H32N4O. The molecule has 122 valence electrons. The first-order chi connectivity index (χ1) is 9.99. The van der Waals surface area contributed by atoms with Gasteiger partial charge >= 0.3 is 0 Å². The van der Waals surface area contributed by atoms with Gasteiger partial charge in [-0.2, -0.15) is 0 Å². The number of piperidine rings is 2. The Morgan fingerprint density at radius 1 is 1.24 bits per heavy atom. The van der Waals surface area contributed by atoms with Gasteiger partial charge in [0.15, 0.2) is 0 Å². The van der Waals surface area contributed by atoms with E-state index in [0.717, 1.165) is 31.8 Å². The van der Waals surface area contributed by atoms with E-state index in [4.69, 9.17) is 0 Å². The van der Waals surface area contributed by atoms with Crippen LogP contribution in [0, 0.1) is 5.92 Å². The molecule has 0 aliphatic carbocycles. The number of amides is 1. The van der Waals surface area contributed by atoms with E-state index < -0.39 is 0 Å². The zero-order valence-corrected chi connectivity index (χ0v) is 14.1. The monoisotopic (exact) mass is 296 g/mol. The van der Waals surface area contributed by atoms with Gasteiger partial charge < -0.3 is 15.5 Å². The van der Waals surface area contributed by atoms with Crippen molar-refractivity contribution in [3.63, 3.8) is 0 Å². The number of nitrogens with one attached hydrogen (secondary N) is 2. The molecule has 2 rings (SSSR count). The van der Waals surface area contributed by atoms with E-state index in [0.29, 0.717) is 24.7 Å². The molecule has 21 heavy (non-hydrogen) atoms. The Morgan fingerprint density at radius 3 is 2.52 bits per heavy atom. The Kier molecular flexibility index (Phi) is 6.02. The van der Waals surface area contributed by atoms with Crippen LogP contribution < -0.4 is 10.6 Å². The smallest absolute Gasteiger partial charge is 0.233 e. The lowest BCUT2D eigenvalue weighted by Gasteiger charge is -2.43. The highest BCUT2D eigenvalue weighted by Gasteiger charge is 2.31. The summed E-state index contributed by atoms with van der Waals surface area (Å²) in [5, 5.41) is 6.60. The summed E-state index contributed by atoms with van der Waals surface area (Å²) in [6.07, 6.45) is 3.56. The number of hydrogen-bond acceptors (Lipinski definition) is 4. The van der Waals surface area contributed by atoms with E-state index in [9.17, 15) is 4.79 Å². The van der Waals surface area contributed by atoms with Crippen molar-refractivity contribution < 1.29 is 4.79 Å². The van der Waals surface area contributed by atoms with Gasteiger partial charge in [-0.05, 0) is 39.2 Å². The molecule has 3 unspecified atom stereocenters. The summed E-state index contributed by atoms with van der Waals surface area (Å²) in [4.78, 5) is 16.1. The van der Waals surface area contributed by atoms with Crippen molar-refractivity contribution >= 4 is 5.91 Å².